The number of rotatable bonds is 8. The lowest BCUT2D eigenvalue weighted by Crippen LogP contribution is -2.48. The average Bonchev–Trinajstić information content (AvgIpc) is 2.79. The third-order valence-corrected chi connectivity index (χ3v) is 7.74. The zero-order chi connectivity index (χ0) is 24.0. The number of amides is 1. The van der Waals surface area contributed by atoms with Gasteiger partial charge in [0.2, 0.25) is 10.0 Å². The Hall–Kier alpha value is -2.23. The SMILES string of the molecule is C[C@@H]1CN(S(=O)(=O)c2ccc(C(=O)O[C@H](C)C(=O)NCCC3=CCCCC3)cc2)C[C@@H](C)O1. The summed E-state index contributed by atoms with van der Waals surface area (Å²) in [5, 5.41) is 2.81. The first-order valence-corrected chi connectivity index (χ1v) is 13.0. The van der Waals surface area contributed by atoms with Crippen molar-refractivity contribution in [3.63, 3.8) is 0 Å². The van der Waals surface area contributed by atoms with Gasteiger partial charge in [-0.2, -0.15) is 4.31 Å². The largest absolute Gasteiger partial charge is 0.449 e. The second kappa shape index (κ2) is 11.3. The summed E-state index contributed by atoms with van der Waals surface area (Å²) in [7, 11) is -3.69. The molecule has 1 aliphatic carbocycles. The lowest BCUT2D eigenvalue weighted by Gasteiger charge is -2.34. The lowest BCUT2D eigenvalue weighted by atomic mass is 9.97. The molecule has 9 heteroatoms. The summed E-state index contributed by atoms with van der Waals surface area (Å²) >= 11 is 0. The minimum Gasteiger partial charge on any atom is -0.449 e. The number of ether oxygens (including phenoxy) is 2. The molecule has 182 valence electrons. The number of nitrogens with one attached hydrogen (secondary N) is 1. The summed E-state index contributed by atoms with van der Waals surface area (Å²) in [4.78, 5) is 24.8. The van der Waals surface area contributed by atoms with Crippen LogP contribution in [0.4, 0.5) is 0 Å². The van der Waals surface area contributed by atoms with Gasteiger partial charge in [0.05, 0.1) is 22.7 Å². The highest BCUT2D eigenvalue weighted by Crippen LogP contribution is 2.22. The molecular weight excluding hydrogens is 444 g/mol. The molecule has 0 aromatic heterocycles. The molecule has 1 saturated heterocycles. The molecule has 1 fully saturated rings. The summed E-state index contributed by atoms with van der Waals surface area (Å²) in [6.07, 6.45) is 6.32. The van der Waals surface area contributed by atoms with Crippen LogP contribution in [0.2, 0.25) is 0 Å². The van der Waals surface area contributed by atoms with Gasteiger partial charge in [-0.25, -0.2) is 13.2 Å². The van der Waals surface area contributed by atoms with Crippen LogP contribution in [0.25, 0.3) is 0 Å². The second-order valence-corrected chi connectivity index (χ2v) is 10.7. The zero-order valence-electron chi connectivity index (χ0n) is 19.6. The van der Waals surface area contributed by atoms with Gasteiger partial charge in [0.1, 0.15) is 0 Å². The van der Waals surface area contributed by atoms with Crippen LogP contribution in [0, 0.1) is 0 Å². The molecule has 8 nitrogen and oxygen atoms in total. The molecule has 1 aromatic rings. The van der Waals surface area contributed by atoms with E-state index >= 15 is 0 Å². The van der Waals surface area contributed by atoms with Crippen molar-refractivity contribution in [2.75, 3.05) is 19.6 Å². The van der Waals surface area contributed by atoms with Gasteiger partial charge in [0.15, 0.2) is 6.10 Å². The standard InChI is InChI=1S/C24H34N2O6S/c1-17-15-26(16-18(2)31-17)33(29,30)22-11-9-21(10-12-22)24(28)32-19(3)23(27)25-14-13-20-7-5-4-6-8-20/h7,9-12,17-19H,4-6,8,13-16H2,1-3H3,(H,25,27)/t17-,18-,19-/m1/s1. The Balaban J connectivity index is 1.52. The molecular formula is C24H34N2O6S. The van der Waals surface area contributed by atoms with Crippen molar-refractivity contribution in [2.24, 2.45) is 0 Å². The van der Waals surface area contributed by atoms with Crippen LogP contribution < -0.4 is 5.32 Å². The van der Waals surface area contributed by atoms with Crippen LogP contribution in [0.1, 0.15) is 63.2 Å². The molecule has 0 radical (unpaired) electrons. The van der Waals surface area contributed by atoms with Crippen molar-refractivity contribution in [3.05, 3.63) is 41.5 Å². The monoisotopic (exact) mass is 478 g/mol. The Morgan fingerprint density at radius 1 is 1.15 bits per heavy atom. The van der Waals surface area contributed by atoms with Gasteiger partial charge in [-0.3, -0.25) is 4.79 Å². The van der Waals surface area contributed by atoms with E-state index in [4.69, 9.17) is 9.47 Å². The fourth-order valence-electron chi connectivity index (χ4n) is 4.14. The number of allylic oxidation sites excluding steroid dienone is 1. The number of nitrogens with zero attached hydrogens (tertiary/aromatic N) is 1. The fourth-order valence-corrected chi connectivity index (χ4v) is 5.73. The highest BCUT2D eigenvalue weighted by atomic mass is 32.2. The minimum atomic E-state index is -3.69. The maximum atomic E-state index is 12.9. The van der Waals surface area contributed by atoms with E-state index < -0.39 is 22.1 Å². The third kappa shape index (κ3) is 6.88. The maximum Gasteiger partial charge on any atom is 0.338 e. The predicted octanol–water partition coefficient (Wildman–Crippen LogP) is 3.04. The third-order valence-electron chi connectivity index (χ3n) is 5.90. The van der Waals surface area contributed by atoms with Crippen molar-refractivity contribution in [3.8, 4) is 0 Å². The van der Waals surface area contributed by atoms with Crippen molar-refractivity contribution in [1.82, 2.24) is 9.62 Å². The number of benzene rings is 1. The van der Waals surface area contributed by atoms with Crippen LogP contribution in [0.15, 0.2) is 40.8 Å². The molecule has 1 heterocycles. The number of hydrogen-bond donors (Lipinski definition) is 1. The molecule has 1 aromatic carbocycles. The van der Waals surface area contributed by atoms with E-state index in [9.17, 15) is 18.0 Å². The Labute approximate surface area is 196 Å². The van der Waals surface area contributed by atoms with Gasteiger partial charge in [0.25, 0.3) is 5.91 Å². The van der Waals surface area contributed by atoms with E-state index in [1.807, 2.05) is 13.8 Å². The smallest absolute Gasteiger partial charge is 0.338 e. The Morgan fingerprint density at radius 2 is 1.82 bits per heavy atom. The molecule has 3 rings (SSSR count). The molecule has 1 N–H and O–H groups in total. The normalized spacial score (nSPS) is 22.8. The van der Waals surface area contributed by atoms with Crippen LogP contribution in [0.3, 0.4) is 0 Å². The molecule has 2 aliphatic rings. The highest BCUT2D eigenvalue weighted by Gasteiger charge is 2.32. The quantitative estimate of drug-likeness (QED) is 0.455. The molecule has 33 heavy (non-hydrogen) atoms. The van der Waals surface area contributed by atoms with Gasteiger partial charge in [-0.1, -0.05) is 11.6 Å². The van der Waals surface area contributed by atoms with E-state index in [0.29, 0.717) is 6.54 Å². The summed E-state index contributed by atoms with van der Waals surface area (Å²) < 4.78 is 38.2. The van der Waals surface area contributed by atoms with Crippen LogP contribution in [-0.2, 0) is 24.3 Å². The Morgan fingerprint density at radius 3 is 2.42 bits per heavy atom. The van der Waals surface area contributed by atoms with Crippen molar-refractivity contribution < 1.29 is 27.5 Å². The minimum absolute atomic E-state index is 0.100. The maximum absolute atomic E-state index is 12.9. The summed E-state index contributed by atoms with van der Waals surface area (Å²) in [5.74, 6) is -1.03. The number of carbonyl (C=O) groups excluding carboxylic acids is 2. The number of morpholine rings is 1. The summed E-state index contributed by atoms with van der Waals surface area (Å²) in [5.41, 5.74) is 1.55. The number of hydrogen-bond acceptors (Lipinski definition) is 6. The topological polar surface area (TPSA) is 102 Å². The molecule has 1 aliphatic heterocycles. The van der Waals surface area contributed by atoms with Gasteiger partial charge in [-0.05, 0) is 77.1 Å². The van der Waals surface area contributed by atoms with Crippen molar-refractivity contribution in [1.29, 1.82) is 0 Å². The first-order valence-electron chi connectivity index (χ1n) is 11.6. The first-order chi connectivity index (χ1) is 15.7. The summed E-state index contributed by atoms with van der Waals surface area (Å²) in [6, 6.07) is 5.59. The average molecular weight is 479 g/mol. The van der Waals surface area contributed by atoms with Crippen LogP contribution >= 0.6 is 0 Å². The molecule has 0 unspecified atom stereocenters. The van der Waals surface area contributed by atoms with E-state index in [-0.39, 0.29) is 41.7 Å². The molecule has 1 amide bonds. The zero-order valence-corrected chi connectivity index (χ0v) is 20.4. The van der Waals surface area contributed by atoms with Gasteiger partial charge in [-0.15, -0.1) is 0 Å². The molecule has 0 saturated carbocycles. The molecule has 3 atom stereocenters. The first kappa shape index (κ1) is 25.4. The predicted molar refractivity (Wildman–Crippen MR) is 124 cm³/mol. The van der Waals surface area contributed by atoms with Gasteiger partial charge in [0, 0.05) is 19.6 Å². The van der Waals surface area contributed by atoms with Gasteiger partial charge >= 0.3 is 5.97 Å². The lowest BCUT2D eigenvalue weighted by molar-refractivity contribution is -0.129. The van der Waals surface area contributed by atoms with Crippen LogP contribution in [0.5, 0.6) is 0 Å². The molecule has 0 bridgehead atoms. The number of esters is 1. The van der Waals surface area contributed by atoms with E-state index in [1.165, 1.54) is 53.9 Å². The second-order valence-electron chi connectivity index (χ2n) is 8.80. The van der Waals surface area contributed by atoms with E-state index in [0.717, 1.165) is 19.3 Å². The fraction of sp³-hybridized carbons (Fsp3) is 0.583. The Bertz CT molecular complexity index is 963. The number of carbonyl (C=O) groups is 2. The van der Waals surface area contributed by atoms with Crippen molar-refractivity contribution in [2.45, 2.75) is 76.1 Å². The van der Waals surface area contributed by atoms with Crippen LogP contribution in [-0.4, -0.2) is 62.5 Å². The number of sulfonamides is 1. The van der Waals surface area contributed by atoms with E-state index in [1.54, 1.807) is 0 Å². The van der Waals surface area contributed by atoms with Crippen molar-refractivity contribution >= 4 is 21.9 Å². The van der Waals surface area contributed by atoms with E-state index in [2.05, 4.69) is 11.4 Å². The highest BCUT2D eigenvalue weighted by molar-refractivity contribution is 7.89. The Kier molecular flexibility index (Phi) is 8.67. The van der Waals surface area contributed by atoms with Gasteiger partial charge < -0.3 is 14.8 Å². The summed E-state index contributed by atoms with van der Waals surface area (Å²) in [6.45, 7) is 6.26. The molecule has 0 spiro atoms.